The number of benzene rings is 2. The average Bonchev–Trinajstić information content (AvgIpc) is 2.77. The number of pyridine rings is 1. The molecule has 3 aromatic rings. The number of piperidine rings is 1. The fourth-order valence-corrected chi connectivity index (χ4v) is 3.95. The van der Waals surface area contributed by atoms with Crippen LogP contribution in [-0.4, -0.2) is 30.5 Å². The Kier molecular flexibility index (Phi) is 5.86. The van der Waals surface area contributed by atoms with Gasteiger partial charge < -0.3 is 10.2 Å². The van der Waals surface area contributed by atoms with E-state index in [1.54, 1.807) is 6.20 Å². The molecule has 4 nitrogen and oxygen atoms in total. The van der Waals surface area contributed by atoms with E-state index in [1.807, 2.05) is 24.3 Å². The molecule has 0 saturated carbocycles. The van der Waals surface area contributed by atoms with E-state index in [-0.39, 0.29) is 5.91 Å². The number of aryl methyl sites for hydroxylation is 1. The number of rotatable bonds is 6. The van der Waals surface area contributed by atoms with E-state index in [9.17, 15) is 4.79 Å². The molecular weight excluding hydrogens is 346 g/mol. The van der Waals surface area contributed by atoms with Crippen molar-refractivity contribution in [3.05, 3.63) is 71.9 Å². The molecule has 0 atom stereocenters. The summed E-state index contributed by atoms with van der Waals surface area (Å²) in [6.07, 6.45) is 7.34. The fourth-order valence-electron chi connectivity index (χ4n) is 3.95. The van der Waals surface area contributed by atoms with E-state index in [1.165, 1.54) is 24.8 Å². The van der Waals surface area contributed by atoms with Crippen molar-refractivity contribution in [1.29, 1.82) is 0 Å². The minimum Gasteiger partial charge on any atom is -0.356 e. The number of carbonyl (C=O) groups excluding carboxylic acids is 1. The molecular formula is C24H27N3O. The Bertz CT molecular complexity index is 933. The first kappa shape index (κ1) is 18.5. The highest BCUT2D eigenvalue weighted by Crippen LogP contribution is 2.29. The van der Waals surface area contributed by atoms with E-state index >= 15 is 0 Å². The summed E-state index contributed by atoms with van der Waals surface area (Å²) in [7, 11) is 0. The summed E-state index contributed by atoms with van der Waals surface area (Å²) in [5.41, 5.74) is 1.96. The van der Waals surface area contributed by atoms with E-state index in [4.69, 9.17) is 4.98 Å². The summed E-state index contributed by atoms with van der Waals surface area (Å²) in [4.78, 5) is 19.8. The number of hydrogen-bond acceptors (Lipinski definition) is 3. The molecule has 0 bridgehead atoms. The zero-order chi connectivity index (χ0) is 19.2. The lowest BCUT2D eigenvalue weighted by atomic mass is 10.0. The van der Waals surface area contributed by atoms with Gasteiger partial charge in [0, 0.05) is 31.2 Å². The standard InChI is InChI=1S/C24H27N3O/c28-24(25-15-9-12-19-10-3-1-4-11-19)22-18-26-23(27-16-7-2-8-17-27)21-14-6-5-13-20(21)22/h1,3-6,10-11,13-14,18H,2,7-9,12,15-17H2,(H,25,28). The van der Waals surface area contributed by atoms with E-state index in [2.05, 4.69) is 40.5 Å². The smallest absolute Gasteiger partial charge is 0.253 e. The summed E-state index contributed by atoms with van der Waals surface area (Å²) in [6, 6.07) is 18.5. The highest BCUT2D eigenvalue weighted by atomic mass is 16.1. The van der Waals surface area contributed by atoms with Crippen LogP contribution in [0.25, 0.3) is 10.8 Å². The molecule has 0 aliphatic carbocycles. The van der Waals surface area contributed by atoms with Crippen LogP contribution in [-0.2, 0) is 6.42 Å². The van der Waals surface area contributed by atoms with Crippen LogP contribution in [0.15, 0.2) is 60.8 Å². The molecule has 1 aliphatic heterocycles. The predicted molar refractivity (Wildman–Crippen MR) is 115 cm³/mol. The Morgan fingerprint density at radius 2 is 1.64 bits per heavy atom. The average molecular weight is 374 g/mol. The zero-order valence-corrected chi connectivity index (χ0v) is 16.2. The highest BCUT2D eigenvalue weighted by molar-refractivity contribution is 6.09. The Balaban J connectivity index is 1.46. The van der Waals surface area contributed by atoms with Crippen LogP contribution in [0.2, 0.25) is 0 Å². The summed E-state index contributed by atoms with van der Waals surface area (Å²) < 4.78 is 0. The highest BCUT2D eigenvalue weighted by Gasteiger charge is 2.18. The Hall–Kier alpha value is -2.88. The molecule has 1 amide bonds. The molecule has 2 aromatic carbocycles. The SMILES string of the molecule is O=C(NCCCc1ccccc1)c1cnc(N2CCCCC2)c2ccccc12. The largest absolute Gasteiger partial charge is 0.356 e. The molecule has 1 saturated heterocycles. The lowest BCUT2D eigenvalue weighted by Crippen LogP contribution is -2.31. The third kappa shape index (κ3) is 4.16. The molecule has 1 fully saturated rings. The maximum absolute atomic E-state index is 12.8. The minimum atomic E-state index is -0.0399. The summed E-state index contributed by atoms with van der Waals surface area (Å²) in [5.74, 6) is 0.970. The van der Waals surface area contributed by atoms with Crippen LogP contribution < -0.4 is 10.2 Å². The van der Waals surface area contributed by atoms with Gasteiger partial charge >= 0.3 is 0 Å². The quantitative estimate of drug-likeness (QED) is 0.643. The number of fused-ring (bicyclic) bond motifs is 1. The number of nitrogens with one attached hydrogen (secondary N) is 1. The maximum Gasteiger partial charge on any atom is 0.253 e. The van der Waals surface area contributed by atoms with Gasteiger partial charge in [-0.3, -0.25) is 4.79 Å². The molecule has 4 heteroatoms. The second-order valence-corrected chi connectivity index (χ2v) is 7.43. The van der Waals surface area contributed by atoms with Crippen molar-refractivity contribution in [2.24, 2.45) is 0 Å². The molecule has 0 radical (unpaired) electrons. The van der Waals surface area contributed by atoms with Gasteiger partial charge in [-0.1, -0.05) is 54.6 Å². The van der Waals surface area contributed by atoms with E-state index < -0.39 is 0 Å². The van der Waals surface area contributed by atoms with Crippen molar-refractivity contribution < 1.29 is 4.79 Å². The molecule has 4 rings (SSSR count). The van der Waals surface area contributed by atoms with Crippen LogP contribution >= 0.6 is 0 Å². The van der Waals surface area contributed by atoms with Gasteiger partial charge in [-0.05, 0) is 43.1 Å². The Labute approximate surface area is 166 Å². The number of anilines is 1. The molecule has 144 valence electrons. The van der Waals surface area contributed by atoms with Gasteiger partial charge in [0.1, 0.15) is 5.82 Å². The Morgan fingerprint density at radius 3 is 2.43 bits per heavy atom. The lowest BCUT2D eigenvalue weighted by Gasteiger charge is -2.29. The van der Waals surface area contributed by atoms with Crippen LogP contribution in [0.4, 0.5) is 5.82 Å². The first-order valence-electron chi connectivity index (χ1n) is 10.3. The van der Waals surface area contributed by atoms with Gasteiger partial charge in [0.25, 0.3) is 5.91 Å². The number of carbonyl (C=O) groups is 1. The van der Waals surface area contributed by atoms with Crippen LogP contribution in [0.1, 0.15) is 41.6 Å². The molecule has 1 N–H and O–H groups in total. The molecule has 28 heavy (non-hydrogen) atoms. The number of nitrogens with zero attached hydrogens (tertiary/aromatic N) is 2. The van der Waals surface area contributed by atoms with E-state index in [0.717, 1.165) is 42.5 Å². The number of hydrogen-bond donors (Lipinski definition) is 1. The third-order valence-electron chi connectivity index (χ3n) is 5.44. The number of amides is 1. The predicted octanol–water partition coefficient (Wildman–Crippen LogP) is 4.59. The summed E-state index contributed by atoms with van der Waals surface area (Å²) in [6.45, 7) is 2.75. The summed E-state index contributed by atoms with van der Waals surface area (Å²) in [5, 5.41) is 5.12. The second kappa shape index (κ2) is 8.87. The monoisotopic (exact) mass is 373 g/mol. The van der Waals surface area contributed by atoms with Crippen molar-refractivity contribution in [3.8, 4) is 0 Å². The van der Waals surface area contributed by atoms with Crippen molar-refractivity contribution >= 4 is 22.5 Å². The number of aromatic nitrogens is 1. The zero-order valence-electron chi connectivity index (χ0n) is 16.2. The Morgan fingerprint density at radius 1 is 0.929 bits per heavy atom. The third-order valence-corrected chi connectivity index (χ3v) is 5.44. The molecule has 0 spiro atoms. The van der Waals surface area contributed by atoms with Crippen molar-refractivity contribution in [2.45, 2.75) is 32.1 Å². The van der Waals surface area contributed by atoms with Crippen molar-refractivity contribution in [2.75, 3.05) is 24.5 Å². The van der Waals surface area contributed by atoms with Gasteiger partial charge in [0.2, 0.25) is 0 Å². The van der Waals surface area contributed by atoms with Gasteiger partial charge in [0.05, 0.1) is 5.56 Å². The first-order valence-corrected chi connectivity index (χ1v) is 10.3. The first-order chi connectivity index (χ1) is 13.8. The van der Waals surface area contributed by atoms with Crippen LogP contribution in [0.3, 0.4) is 0 Å². The maximum atomic E-state index is 12.8. The summed E-state index contributed by atoms with van der Waals surface area (Å²) >= 11 is 0. The molecule has 1 aliphatic rings. The van der Waals surface area contributed by atoms with E-state index in [0.29, 0.717) is 12.1 Å². The van der Waals surface area contributed by atoms with Gasteiger partial charge in [-0.15, -0.1) is 0 Å². The van der Waals surface area contributed by atoms with Crippen molar-refractivity contribution in [1.82, 2.24) is 10.3 Å². The topological polar surface area (TPSA) is 45.2 Å². The fraction of sp³-hybridized carbons (Fsp3) is 0.333. The molecule has 0 unspecified atom stereocenters. The molecule has 2 heterocycles. The van der Waals surface area contributed by atoms with Crippen LogP contribution in [0, 0.1) is 0 Å². The van der Waals surface area contributed by atoms with Gasteiger partial charge in [-0.25, -0.2) is 4.98 Å². The second-order valence-electron chi connectivity index (χ2n) is 7.43. The minimum absolute atomic E-state index is 0.0399. The molecule has 1 aromatic heterocycles. The van der Waals surface area contributed by atoms with Crippen LogP contribution in [0.5, 0.6) is 0 Å². The normalized spacial score (nSPS) is 14.2. The van der Waals surface area contributed by atoms with Crippen molar-refractivity contribution in [3.63, 3.8) is 0 Å². The van der Waals surface area contributed by atoms with Gasteiger partial charge in [-0.2, -0.15) is 0 Å². The van der Waals surface area contributed by atoms with Gasteiger partial charge in [0.15, 0.2) is 0 Å². The lowest BCUT2D eigenvalue weighted by molar-refractivity contribution is 0.0954.